The van der Waals surface area contributed by atoms with Crippen LogP contribution < -0.4 is 10.1 Å². The predicted octanol–water partition coefficient (Wildman–Crippen LogP) is 5.78. The van der Waals surface area contributed by atoms with Gasteiger partial charge >= 0.3 is 0 Å². The van der Waals surface area contributed by atoms with Gasteiger partial charge in [0.2, 0.25) is 5.89 Å². The fourth-order valence-corrected chi connectivity index (χ4v) is 3.76. The monoisotopic (exact) mass is 440 g/mol. The van der Waals surface area contributed by atoms with Crippen LogP contribution in [0.15, 0.2) is 65.1 Å². The molecule has 1 heterocycles. The maximum Gasteiger partial charge on any atom is 0.251 e. The zero-order valence-electron chi connectivity index (χ0n) is 16.1. The fraction of sp³-hybridized carbons (Fsp3) is 0.130. The lowest BCUT2D eigenvalue weighted by molar-refractivity contribution is 0.0954. The Morgan fingerprint density at radius 2 is 1.83 bits per heavy atom. The van der Waals surface area contributed by atoms with Crippen molar-refractivity contribution in [3.05, 3.63) is 81.8 Å². The topological polar surface area (TPSA) is 64.4 Å². The van der Waals surface area contributed by atoms with Gasteiger partial charge in [0, 0.05) is 12.1 Å². The van der Waals surface area contributed by atoms with Crippen LogP contribution in [0.4, 0.5) is 0 Å². The van der Waals surface area contributed by atoms with E-state index in [2.05, 4.69) is 10.3 Å². The molecular formula is C23H18Cl2N2O3. The second kappa shape index (κ2) is 8.78. The molecule has 0 aliphatic rings. The van der Waals surface area contributed by atoms with Crippen LogP contribution in [0.3, 0.4) is 0 Å². The summed E-state index contributed by atoms with van der Waals surface area (Å²) in [5, 5.41) is 3.82. The van der Waals surface area contributed by atoms with E-state index < -0.39 is 0 Å². The number of hydrogen-bond acceptors (Lipinski definition) is 4. The molecule has 0 fully saturated rings. The smallest absolute Gasteiger partial charge is 0.251 e. The third-order valence-corrected chi connectivity index (χ3v) is 5.33. The number of amides is 1. The minimum Gasteiger partial charge on any atom is -0.496 e. The molecule has 0 saturated carbocycles. The largest absolute Gasteiger partial charge is 0.496 e. The van der Waals surface area contributed by atoms with Crippen LogP contribution in [-0.2, 0) is 6.42 Å². The number of aromatic nitrogens is 1. The van der Waals surface area contributed by atoms with Gasteiger partial charge in [-0.2, -0.15) is 0 Å². The van der Waals surface area contributed by atoms with Crippen molar-refractivity contribution in [2.75, 3.05) is 13.7 Å². The molecule has 1 aromatic heterocycles. The normalized spacial score (nSPS) is 10.9. The quantitative estimate of drug-likeness (QED) is 0.412. The molecule has 0 radical (unpaired) electrons. The lowest BCUT2D eigenvalue weighted by Crippen LogP contribution is -2.25. The highest BCUT2D eigenvalue weighted by Gasteiger charge is 2.16. The number of nitrogens with one attached hydrogen (secondary N) is 1. The van der Waals surface area contributed by atoms with E-state index in [0.717, 1.165) is 11.3 Å². The van der Waals surface area contributed by atoms with E-state index in [9.17, 15) is 4.79 Å². The number of carbonyl (C=O) groups is 1. The Morgan fingerprint density at radius 3 is 2.60 bits per heavy atom. The van der Waals surface area contributed by atoms with Gasteiger partial charge < -0.3 is 14.5 Å². The lowest BCUT2D eigenvalue weighted by Gasteiger charge is -2.09. The van der Waals surface area contributed by atoms with Crippen LogP contribution in [0, 0.1) is 0 Å². The number of benzene rings is 3. The highest BCUT2D eigenvalue weighted by atomic mass is 35.5. The molecule has 7 heteroatoms. The average Bonchev–Trinajstić information content (AvgIpc) is 3.16. The second-order valence-corrected chi connectivity index (χ2v) is 7.43. The maximum absolute atomic E-state index is 12.6. The number of carbonyl (C=O) groups excluding carboxylic acids is 1. The number of para-hydroxylation sites is 1. The van der Waals surface area contributed by atoms with Crippen LogP contribution in [0.5, 0.6) is 5.75 Å². The Morgan fingerprint density at radius 1 is 1.07 bits per heavy atom. The van der Waals surface area contributed by atoms with E-state index in [1.165, 1.54) is 0 Å². The van der Waals surface area contributed by atoms with Crippen molar-refractivity contribution >= 4 is 40.2 Å². The maximum atomic E-state index is 12.6. The first kappa shape index (κ1) is 20.3. The molecule has 0 unspecified atom stereocenters. The van der Waals surface area contributed by atoms with E-state index in [0.29, 0.717) is 51.1 Å². The molecule has 0 aliphatic heterocycles. The zero-order chi connectivity index (χ0) is 21.1. The summed E-state index contributed by atoms with van der Waals surface area (Å²) in [5.74, 6) is 0.926. The number of hydrogen-bond donors (Lipinski definition) is 1. The van der Waals surface area contributed by atoms with Crippen LogP contribution >= 0.6 is 23.2 Å². The number of fused-ring (bicyclic) bond motifs is 1. The zero-order valence-corrected chi connectivity index (χ0v) is 17.6. The van der Waals surface area contributed by atoms with Gasteiger partial charge in [0.25, 0.3) is 5.91 Å². The van der Waals surface area contributed by atoms with Crippen LogP contribution in [0.25, 0.3) is 22.6 Å². The Hall–Kier alpha value is -3.02. The summed E-state index contributed by atoms with van der Waals surface area (Å²) in [6.07, 6.45) is 0.662. The SMILES string of the molecule is COc1ccccc1CCNC(=O)c1ccc2nc(-c3c(Cl)cccc3Cl)oc2c1. The fourth-order valence-electron chi connectivity index (χ4n) is 3.20. The van der Waals surface area contributed by atoms with Gasteiger partial charge in [0.15, 0.2) is 5.58 Å². The van der Waals surface area contributed by atoms with Crippen molar-refractivity contribution in [2.45, 2.75) is 6.42 Å². The van der Waals surface area contributed by atoms with Crippen molar-refractivity contribution < 1.29 is 13.9 Å². The molecule has 3 aromatic carbocycles. The summed E-state index contributed by atoms with van der Waals surface area (Å²) in [6, 6.07) is 18.0. The van der Waals surface area contributed by atoms with Crippen LogP contribution in [0.1, 0.15) is 15.9 Å². The summed E-state index contributed by atoms with van der Waals surface area (Å²) in [7, 11) is 1.63. The van der Waals surface area contributed by atoms with Crippen molar-refractivity contribution in [1.82, 2.24) is 10.3 Å². The van der Waals surface area contributed by atoms with Crippen molar-refractivity contribution in [1.29, 1.82) is 0 Å². The Labute approximate surface area is 183 Å². The van der Waals surface area contributed by atoms with E-state index >= 15 is 0 Å². The summed E-state index contributed by atoms with van der Waals surface area (Å²) >= 11 is 12.5. The highest BCUT2D eigenvalue weighted by Crippen LogP contribution is 2.35. The van der Waals surface area contributed by atoms with Gasteiger partial charge in [-0.25, -0.2) is 4.98 Å². The number of methoxy groups -OCH3 is 1. The van der Waals surface area contributed by atoms with E-state index in [-0.39, 0.29) is 5.91 Å². The van der Waals surface area contributed by atoms with Gasteiger partial charge in [0.05, 0.1) is 22.7 Å². The predicted molar refractivity (Wildman–Crippen MR) is 118 cm³/mol. The number of ether oxygens (including phenoxy) is 1. The van der Waals surface area contributed by atoms with E-state index in [4.69, 9.17) is 32.4 Å². The van der Waals surface area contributed by atoms with Crippen LogP contribution in [-0.4, -0.2) is 24.5 Å². The van der Waals surface area contributed by atoms with Gasteiger partial charge in [0.1, 0.15) is 11.3 Å². The lowest BCUT2D eigenvalue weighted by atomic mass is 10.1. The summed E-state index contributed by atoms with van der Waals surface area (Å²) in [6.45, 7) is 0.480. The second-order valence-electron chi connectivity index (χ2n) is 6.62. The van der Waals surface area contributed by atoms with Crippen molar-refractivity contribution in [3.63, 3.8) is 0 Å². The molecule has 4 rings (SSSR count). The standard InChI is InChI=1S/C23H18Cl2N2O3/c1-29-19-8-3-2-5-14(19)11-12-26-22(28)15-9-10-18-20(13-15)30-23(27-18)21-16(24)6-4-7-17(21)25/h2-10,13H,11-12H2,1H3,(H,26,28). The van der Waals surface area contributed by atoms with Crippen molar-refractivity contribution in [2.24, 2.45) is 0 Å². The molecule has 0 atom stereocenters. The molecule has 4 aromatic rings. The average molecular weight is 441 g/mol. The summed E-state index contributed by atoms with van der Waals surface area (Å²) in [5.41, 5.74) is 3.15. The highest BCUT2D eigenvalue weighted by molar-refractivity contribution is 6.38. The molecule has 1 N–H and O–H groups in total. The number of rotatable bonds is 6. The van der Waals surface area contributed by atoms with Gasteiger partial charge in [-0.1, -0.05) is 47.5 Å². The molecule has 0 spiro atoms. The van der Waals surface area contributed by atoms with Gasteiger partial charge in [-0.05, 0) is 48.4 Å². The first-order valence-electron chi connectivity index (χ1n) is 9.32. The first-order chi connectivity index (χ1) is 14.6. The molecule has 152 valence electrons. The molecule has 0 bridgehead atoms. The third-order valence-electron chi connectivity index (χ3n) is 4.70. The number of halogens is 2. The van der Waals surface area contributed by atoms with Crippen molar-refractivity contribution in [3.8, 4) is 17.2 Å². The van der Waals surface area contributed by atoms with Gasteiger partial charge in [-0.15, -0.1) is 0 Å². The summed E-state index contributed by atoms with van der Waals surface area (Å²) in [4.78, 5) is 17.0. The molecule has 1 amide bonds. The molecule has 5 nitrogen and oxygen atoms in total. The van der Waals surface area contributed by atoms with Gasteiger partial charge in [-0.3, -0.25) is 4.79 Å². The third kappa shape index (κ3) is 4.13. The number of oxazole rings is 1. The molecule has 0 saturated heterocycles. The Bertz CT molecular complexity index is 1200. The Kier molecular flexibility index (Phi) is 5.93. The first-order valence-corrected chi connectivity index (χ1v) is 10.1. The summed E-state index contributed by atoms with van der Waals surface area (Å²) < 4.78 is 11.2. The molecule has 0 aliphatic carbocycles. The van der Waals surface area contributed by atoms with E-state index in [1.54, 1.807) is 43.5 Å². The minimum atomic E-state index is -0.194. The molecule has 30 heavy (non-hydrogen) atoms. The van der Waals surface area contributed by atoms with Crippen LogP contribution in [0.2, 0.25) is 10.0 Å². The molecular weight excluding hydrogens is 423 g/mol. The Balaban J connectivity index is 1.50. The van der Waals surface area contributed by atoms with E-state index in [1.807, 2.05) is 24.3 Å². The minimum absolute atomic E-state index is 0.194. The number of nitrogens with zero attached hydrogens (tertiary/aromatic N) is 1.